The summed E-state index contributed by atoms with van der Waals surface area (Å²) < 4.78 is 32.4. The van der Waals surface area contributed by atoms with Gasteiger partial charge in [0.25, 0.3) is 0 Å². The molecule has 1 aromatic heterocycles. The Balaban J connectivity index is 1.54. The van der Waals surface area contributed by atoms with Crippen molar-refractivity contribution in [1.29, 1.82) is 5.26 Å². The van der Waals surface area contributed by atoms with E-state index in [0.717, 1.165) is 16.6 Å². The normalized spacial score (nSPS) is 18.5. The Hall–Kier alpha value is -3.19. The molecule has 8 nitrogen and oxygen atoms in total. The van der Waals surface area contributed by atoms with Gasteiger partial charge in [0.1, 0.15) is 5.75 Å². The summed E-state index contributed by atoms with van der Waals surface area (Å²) in [6, 6.07) is 12.2. The van der Waals surface area contributed by atoms with Gasteiger partial charge in [0.15, 0.2) is 5.78 Å². The second-order valence-corrected chi connectivity index (χ2v) is 10.7. The van der Waals surface area contributed by atoms with E-state index in [1.54, 1.807) is 30.3 Å². The average Bonchev–Trinajstić information content (AvgIpc) is 3.18. The molecule has 0 unspecified atom stereocenters. The number of nitriles is 1. The van der Waals surface area contributed by atoms with Gasteiger partial charge in [0, 0.05) is 53.8 Å². The number of likely N-dealkylation sites (N-methyl/N-ethyl adjacent to an activating group) is 1. The van der Waals surface area contributed by atoms with Crippen LogP contribution in [0.2, 0.25) is 0 Å². The van der Waals surface area contributed by atoms with Crippen LogP contribution in [0, 0.1) is 11.3 Å². The summed E-state index contributed by atoms with van der Waals surface area (Å²) in [4.78, 5) is 18.8. The number of piperazine rings is 1. The second kappa shape index (κ2) is 7.42. The highest BCUT2D eigenvalue weighted by Crippen LogP contribution is 2.44. The van der Waals surface area contributed by atoms with Crippen LogP contribution in [-0.4, -0.2) is 61.6 Å². The lowest BCUT2D eigenvalue weighted by Crippen LogP contribution is -2.48. The van der Waals surface area contributed by atoms with Crippen molar-refractivity contribution in [3.63, 3.8) is 0 Å². The van der Waals surface area contributed by atoms with Crippen LogP contribution >= 0.6 is 0 Å². The minimum Gasteiger partial charge on any atom is -0.371 e. The molecule has 0 atom stereocenters. The number of carbonyl (C=O) groups is 1. The van der Waals surface area contributed by atoms with E-state index in [1.807, 2.05) is 20.9 Å². The van der Waals surface area contributed by atoms with E-state index in [1.165, 1.54) is 10.4 Å². The lowest BCUT2D eigenvalue weighted by Gasteiger charge is -2.33. The molecule has 2 heterocycles. The molecular weight excluding hydrogens is 440 g/mol. The van der Waals surface area contributed by atoms with E-state index in [2.05, 4.69) is 16.0 Å². The highest BCUT2D eigenvalue weighted by atomic mass is 32.2. The Bertz CT molecular complexity index is 1440. The van der Waals surface area contributed by atoms with E-state index in [0.29, 0.717) is 48.4 Å². The number of hydrogen-bond donors (Lipinski definition) is 1. The molecule has 3 aromatic rings. The number of H-pyrrole nitrogens is 1. The number of nitrogens with one attached hydrogen (secondary N) is 1. The Morgan fingerprint density at radius 1 is 1.09 bits per heavy atom. The number of fused-ring (bicyclic) bond motifs is 4. The summed E-state index contributed by atoms with van der Waals surface area (Å²) in [5.41, 5.74) is 3.16. The van der Waals surface area contributed by atoms with Crippen LogP contribution in [0.3, 0.4) is 0 Å². The van der Waals surface area contributed by atoms with Gasteiger partial charge in [-0.3, -0.25) is 4.79 Å². The van der Waals surface area contributed by atoms with Gasteiger partial charge in [-0.05, 0) is 42.9 Å². The Kier molecular flexibility index (Phi) is 4.86. The summed E-state index contributed by atoms with van der Waals surface area (Å²) in [7, 11) is -1.99. The van der Waals surface area contributed by atoms with E-state index >= 15 is 0 Å². The van der Waals surface area contributed by atoms with Gasteiger partial charge in [0.05, 0.1) is 17.2 Å². The number of benzene rings is 2. The van der Waals surface area contributed by atoms with Crippen molar-refractivity contribution >= 4 is 27.0 Å². The standard InChI is InChI=1S/C24H24N4O4S/c1-24(2)19-13-16(32-33(30,31)28-10-8-27(3)9-11-28)5-7-17(19)22(29)21-18-6-4-15(14-25)12-20(18)26-23(21)24/h4-7,12-13,26H,8-11H2,1-3H3. The first kappa shape index (κ1) is 21.6. The fourth-order valence-electron chi connectivity index (χ4n) is 4.72. The third-order valence-electron chi connectivity index (χ3n) is 6.67. The Morgan fingerprint density at radius 3 is 2.52 bits per heavy atom. The zero-order valence-electron chi connectivity index (χ0n) is 18.7. The molecule has 1 aliphatic heterocycles. The van der Waals surface area contributed by atoms with Gasteiger partial charge >= 0.3 is 10.3 Å². The number of aromatic amines is 1. The molecule has 33 heavy (non-hydrogen) atoms. The maximum Gasteiger partial charge on any atom is 0.385 e. The molecule has 1 aliphatic carbocycles. The van der Waals surface area contributed by atoms with E-state index < -0.39 is 15.7 Å². The Morgan fingerprint density at radius 2 is 1.82 bits per heavy atom. The van der Waals surface area contributed by atoms with Crippen molar-refractivity contribution in [1.82, 2.24) is 14.2 Å². The molecule has 0 bridgehead atoms. The highest BCUT2D eigenvalue weighted by Gasteiger charge is 2.40. The van der Waals surface area contributed by atoms with Crippen molar-refractivity contribution in [2.45, 2.75) is 19.3 Å². The van der Waals surface area contributed by atoms with Gasteiger partial charge < -0.3 is 14.1 Å². The second-order valence-electron chi connectivity index (χ2n) is 9.15. The fraction of sp³-hybridized carbons (Fsp3) is 0.333. The maximum atomic E-state index is 13.4. The SMILES string of the molecule is CN1CCN(S(=O)(=O)Oc2ccc3c(c2)C(C)(C)c2[nH]c4cc(C#N)ccc4c2C3=O)CC1. The Labute approximate surface area is 192 Å². The molecular formula is C24H24N4O4S. The van der Waals surface area contributed by atoms with Crippen molar-refractivity contribution in [2.75, 3.05) is 33.2 Å². The molecule has 0 amide bonds. The van der Waals surface area contributed by atoms with Crippen molar-refractivity contribution in [3.8, 4) is 11.8 Å². The van der Waals surface area contributed by atoms with Crippen LogP contribution in [0.25, 0.3) is 10.9 Å². The highest BCUT2D eigenvalue weighted by molar-refractivity contribution is 7.84. The third kappa shape index (κ3) is 3.42. The quantitative estimate of drug-likeness (QED) is 0.639. The van der Waals surface area contributed by atoms with Gasteiger partial charge in [-0.15, -0.1) is 0 Å². The van der Waals surface area contributed by atoms with E-state index in [-0.39, 0.29) is 11.5 Å². The summed E-state index contributed by atoms with van der Waals surface area (Å²) in [5.74, 6) is 0.0450. The summed E-state index contributed by atoms with van der Waals surface area (Å²) in [5, 5.41) is 10.00. The fourth-order valence-corrected chi connectivity index (χ4v) is 5.78. The number of ketones is 1. The molecule has 1 fully saturated rings. The van der Waals surface area contributed by atoms with Crippen LogP contribution in [0.1, 0.15) is 46.6 Å². The largest absolute Gasteiger partial charge is 0.385 e. The molecule has 0 radical (unpaired) electrons. The molecule has 0 spiro atoms. The van der Waals surface area contributed by atoms with E-state index in [4.69, 9.17) is 4.18 Å². The summed E-state index contributed by atoms with van der Waals surface area (Å²) in [6.07, 6.45) is 0. The molecule has 1 N–H and O–H groups in total. The number of nitrogens with zero attached hydrogens (tertiary/aromatic N) is 3. The van der Waals surface area contributed by atoms with Crippen LogP contribution in [0.4, 0.5) is 0 Å². The first-order chi connectivity index (χ1) is 15.6. The van der Waals surface area contributed by atoms with Crippen LogP contribution in [-0.2, 0) is 15.7 Å². The number of aromatic nitrogens is 1. The van der Waals surface area contributed by atoms with Crippen LogP contribution in [0.5, 0.6) is 5.75 Å². The maximum absolute atomic E-state index is 13.4. The topological polar surface area (TPSA) is 106 Å². The zero-order valence-corrected chi connectivity index (χ0v) is 19.5. The minimum absolute atomic E-state index is 0.135. The van der Waals surface area contributed by atoms with Crippen LogP contribution < -0.4 is 4.18 Å². The van der Waals surface area contributed by atoms with Crippen molar-refractivity contribution in [2.24, 2.45) is 0 Å². The molecule has 170 valence electrons. The van der Waals surface area contributed by atoms with E-state index in [9.17, 15) is 18.5 Å². The lowest BCUT2D eigenvalue weighted by atomic mass is 9.71. The first-order valence-corrected chi connectivity index (χ1v) is 12.1. The zero-order chi connectivity index (χ0) is 23.5. The first-order valence-electron chi connectivity index (χ1n) is 10.8. The lowest BCUT2D eigenvalue weighted by molar-refractivity contribution is 0.103. The molecule has 1 saturated heterocycles. The molecule has 0 saturated carbocycles. The third-order valence-corrected chi connectivity index (χ3v) is 8.07. The molecule has 9 heteroatoms. The smallest absolute Gasteiger partial charge is 0.371 e. The summed E-state index contributed by atoms with van der Waals surface area (Å²) >= 11 is 0. The minimum atomic E-state index is -3.94. The number of hydrogen-bond acceptors (Lipinski definition) is 6. The van der Waals surface area contributed by atoms with Gasteiger partial charge in [-0.2, -0.15) is 18.0 Å². The van der Waals surface area contributed by atoms with Gasteiger partial charge in [0.2, 0.25) is 0 Å². The van der Waals surface area contributed by atoms with Crippen molar-refractivity contribution in [3.05, 3.63) is 64.3 Å². The summed E-state index contributed by atoms with van der Waals surface area (Å²) in [6.45, 7) is 6.00. The molecule has 5 rings (SSSR count). The predicted octanol–water partition coefficient (Wildman–Crippen LogP) is 2.78. The number of rotatable bonds is 3. The van der Waals surface area contributed by atoms with Crippen molar-refractivity contribution < 1.29 is 17.4 Å². The molecule has 2 aliphatic rings. The predicted molar refractivity (Wildman–Crippen MR) is 124 cm³/mol. The number of carbonyl (C=O) groups excluding carboxylic acids is 1. The monoisotopic (exact) mass is 464 g/mol. The van der Waals surface area contributed by atoms with Gasteiger partial charge in [-0.25, -0.2) is 0 Å². The molecule has 2 aromatic carbocycles. The van der Waals surface area contributed by atoms with Gasteiger partial charge in [-0.1, -0.05) is 19.9 Å². The van der Waals surface area contributed by atoms with Crippen LogP contribution in [0.15, 0.2) is 36.4 Å². The average molecular weight is 465 g/mol.